The van der Waals surface area contributed by atoms with Crippen LogP contribution in [0.15, 0.2) is 48.5 Å². The van der Waals surface area contributed by atoms with Gasteiger partial charge in [0, 0.05) is 25.5 Å². The van der Waals surface area contributed by atoms with Crippen LogP contribution in [-0.4, -0.2) is 35.4 Å². The fourth-order valence-electron chi connectivity index (χ4n) is 2.89. The third kappa shape index (κ3) is 7.94. The molecule has 7 nitrogen and oxygen atoms in total. The summed E-state index contributed by atoms with van der Waals surface area (Å²) in [7, 11) is 0. The molecular weight excluding hydrogens is 410 g/mol. The smallest absolute Gasteiger partial charge is 0.308 e. The molecule has 0 saturated carbocycles. The maximum absolute atomic E-state index is 12.6. The Morgan fingerprint density at radius 1 is 0.967 bits per heavy atom. The quantitative estimate of drug-likeness (QED) is 0.291. The monoisotopic (exact) mass is 435 g/mol. The number of carbonyl (C=O) groups excluding carboxylic acids is 3. The van der Waals surface area contributed by atoms with Crippen LogP contribution in [0.2, 0.25) is 0 Å². The molecule has 0 saturated heterocycles. The van der Waals surface area contributed by atoms with Crippen molar-refractivity contribution in [3.63, 3.8) is 0 Å². The van der Waals surface area contributed by atoms with E-state index in [1.165, 1.54) is 32.0 Å². The number of benzene rings is 2. The number of carbonyl (C=O) groups is 3. The number of halogens is 1. The highest BCUT2D eigenvalue weighted by atomic mass is 35.5. The number of ketones is 1. The van der Waals surface area contributed by atoms with Crippen molar-refractivity contribution >= 4 is 17.7 Å². The molecule has 0 radical (unpaired) electrons. The Hall–Kier alpha value is -2.74. The number of hydrogen-bond donors (Lipinski definition) is 2. The average Bonchev–Trinajstić information content (AvgIpc) is 2.66. The fraction of sp³-hybridized carbons (Fsp3) is 0.318. The predicted molar refractivity (Wildman–Crippen MR) is 106 cm³/mol. The van der Waals surface area contributed by atoms with Crippen LogP contribution in [-0.2, 0) is 9.59 Å². The van der Waals surface area contributed by atoms with Crippen LogP contribution >= 0.6 is 0 Å². The molecule has 0 aliphatic carbocycles. The molecule has 30 heavy (non-hydrogen) atoms. The topological polar surface area (TPSA) is 107 Å². The highest BCUT2D eigenvalue weighted by molar-refractivity contribution is 5.97. The Morgan fingerprint density at radius 3 is 2.00 bits per heavy atom. The molecule has 0 fully saturated rings. The summed E-state index contributed by atoms with van der Waals surface area (Å²) in [6.45, 7) is 4.84. The Kier molecular flexibility index (Phi) is 10.2. The summed E-state index contributed by atoms with van der Waals surface area (Å²) in [5, 5.41) is 12.3. The second-order valence-electron chi connectivity index (χ2n) is 6.79. The number of quaternary nitrogens is 1. The molecule has 0 bridgehead atoms. The summed E-state index contributed by atoms with van der Waals surface area (Å²) in [5.74, 6) is -1.00. The maximum atomic E-state index is 12.6. The molecule has 0 aliphatic heterocycles. The molecule has 2 unspecified atom stereocenters. The summed E-state index contributed by atoms with van der Waals surface area (Å²) < 4.78 is 10.1. The number of rotatable bonds is 9. The Morgan fingerprint density at radius 2 is 1.50 bits per heavy atom. The van der Waals surface area contributed by atoms with E-state index in [2.05, 4.69) is 0 Å². The van der Waals surface area contributed by atoms with E-state index in [0.29, 0.717) is 6.54 Å². The lowest BCUT2D eigenvalue weighted by atomic mass is 10.0. The van der Waals surface area contributed by atoms with Gasteiger partial charge in [-0.25, -0.2) is 0 Å². The molecule has 0 aromatic heterocycles. The van der Waals surface area contributed by atoms with Crippen molar-refractivity contribution in [2.75, 3.05) is 6.54 Å². The Balaban J connectivity index is 0.00000450. The van der Waals surface area contributed by atoms with Crippen LogP contribution in [0, 0.1) is 0 Å². The third-order valence-corrected chi connectivity index (χ3v) is 4.27. The van der Waals surface area contributed by atoms with Crippen LogP contribution in [0.5, 0.6) is 11.5 Å². The van der Waals surface area contributed by atoms with Gasteiger partial charge in [-0.05, 0) is 24.6 Å². The lowest BCUT2D eigenvalue weighted by Gasteiger charge is -2.17. The van der Waals surface area contributed by atoms with Crippen molar-refractivity contribution in [2.45, 2.75) is 39.3 Å². The first-order valence-electron chi connectivity index (χ1n) is 9.37. The number of ether oxygens (including phenoxy) is 2. The van der Waals surface area contributed by atoms with E-state index in [4.69, 9.17) is 9.47 Å². The van der Waals surface area contributed by atoms with Crippen LogP contribution in [0.1, 0.15) is 49.2 Å². The maximum Gasteiger partial charge on any atom is 0.308 e. The van der Waals surface area contributed by atoms with Gasteiger partial charge in [-0.1, -0.05) is 30.3 Å². The van der Waals surface area contributed by atoms with E-state index in [1.807, 2.05) is 42.6 Å². The van der Waals surface area contributed by atoms with E-state index in [1.54, 1.807) is 0 Å². The van der Waals surface area contributed by atoms with Crippen LogP contribution < -0.4 is 27.2 Å². The number of nitrogens with two attached hydrogens (primary N) is 1. The standard InChI is InChI=1S/C22H25NO6.ClH/c1-14(22(27)17-7-5-4-6-8-17)23-10-9-21(26)18-11-19(28-15(2)24)13-20(12-18)29-16(3)25;/h4-8,11-14,22-23,27H,9-10H2,1-3H3;1H. The molecule has 2 aromatic carbocycles. The van der Waals surface area contributed by atoms with Gasteiger partial charge in [-0.15, -0.1) is 0 Å². The zero-order chi connectivity index (χ0) is 21.4. The number of hydrogen-bond acceptors (Lipinski definition) is 6. The lowest BCUT2D eigenvalue weighted by Crippen LogP contribution is -3.00. The molecule has 3 N–H and O–H groups in total. The predicted octanol–water partition coefficient (Wildman–Crippen LogP) is -1.20. The SMILES string of the molecule is CC(=O)Oc1cc(OC(C)=O)cc(C(=O)CC[NH2+]C(C)C(O)c2ccccc2)c1.[Cl-]. The van der Waals surface area contributed by atoms with Gasteiger partial charge in [0.05, 0.1) is 13.0 Å². The van der Waals surface area contributed by atoms with Crippen molar-refractivity contribution in [3.05, 3.63) is 59.7 Å². The second-order valence-corrected chi connectivity index (χ2v) is 6.79. The van der Waals surface area contributed by atoms with Gasteiger partial charge in [0.25, 0.3) is 0 Å². The van der Waals surface area contributed by atoms with Crippen LogP contribution in [0.3, 0.4) is 0 Å². The van der Waals surface area contributed by atoms with E-state index >= 15 is 0 Å². The largest absolute Gasteiger partial charge is 1.00 e. The summed E-state index contributed by atoms with van der Waals surface area (Å²) in [4.78, 5) is 35.0. The average molecular weight is 436 g/mol. The van der Waals surface area contributed by atoms with Gasteiger partial charge >= 0.3 is 11.9 Å². The van der Waals surface area contributed by atoms with Crippen LogP contribution in [0.25, 0.3) is 0 Å². The minimum atomic E-state index is -0.644. The van der Waals surface area contributed by atoms with Crippen molar-refractivity contribution in [3.8, 4) is 11.5 Å². The minimum Gasteiger partial charge on any atom is -1.00 e. The lowest BCUT2D eigenvalue weighted by molar-refractivity contribution is -0.693. The molecule has 8 heteroatoms. The normalized spacial score (nSPS) is 12.3. The summed E-state index contributed by atoms with van der Waals surface area (Å²) in [6.07, 6.45) is -0.441. The van der Waals surface area contributed by atoms with Crippen molar-refractivity contribution in [1.82, 2.24) is 0 Å². The number of Topliss-reactive ketones (excluding diaryl/α,β-unsaturated/α-hetero) is 1. The molecule has 2 aromatic rings. The summed E-state index contributed by atoms with van der Waals surface area (Å²) in [5.41, 5.74) is 1.10. The van der Waals surface area contributed by atoms with E-state index < -0.39 is 18.0 Å². The number of aliphatic hydroxyl groups excluding tert-OH is 1. The molecule has 162 valence electrons. The molecule has 0 aliphatic rings. The molecule has 0 heterocycles. The van der Waals surface area contributed by atoms with E-state index in [9.17, 15) is 19.5 Å². The van der Waals surface area contributed by atoms with Gasteiger partial charge in [0.2, 0.25) is 0 Å². The van der Waals surface area contributed by atoms with Crippen molar-refractivity contribution in [2.24, 2.45) is 0 Å². The molecule has 0 amide bonds. The van der Waals surface area contributed by atoms with Gasteiger partial charge in [0.15, 0.2) is 5.78 Å². The minimum absolute atomic E-state index is 0. The molecule has 2 rings (SSSR count). The number of aliphatic hydroxyl groups is 1. The molecule has 0 spiro atoms. The van der Waals surface area contributed by atoms with E-state index in [0.717, 1.165) is 5.56 Å². The molecule has 2 atom stereocenters. The Bertz CT molecular complexity index is 837. The zero-order valence-corrected chi connectivity index (χ0v) is 17.9. The first-order chi connectivity index (χ1) is 13.8. The van der Waals surface area contributed by atoms with Gasteiger partial charge < -0.3 is 32.3 Å². The highest BCUT2D eigenvalue weighted by Gasteiger charge is 2.20. The second kappa shape index (κ2) is 12.1. The fourth-order valence-corrected chi connectivity index (χ4v) is 2.89. The number of esters is 2. The first kappa shape index (κ1) is 25.3. The summed E-state index contributed by atoms with van der Waals surface area (Å²) >= 11 is 0. The first-order valence-corrected chi connectivity index (χ1v) is 9.37. The highest BCUT2D eigenvalue weighted by Crippen LogP contribution is 2.24. The van der Waals surface area contributed by atoms with Crippen LogP contribution in [0.4, 0.5) is 0 Å². The summed E-state index contributed by atoms with van der Waals surface area (Å²) in [6, 6.07) is 13.5. The van der Waals surface area contributed by atoms with Crippen molar-refractivity contribution in [1.29, 1.82) is 0 Å². The van der Waals surface area contributed by atoms with Gasteiger partial charge in [-0.2, -0.15) is 0 Å². The Labute approximate surface area is 181 Å². The van der Waals surface area contributed by atoms with Gasteiger partial charge in [0.1, 0.15) is 23.6 Å². The zero-order valence-electron chi connectivity index (χ0n) is 17.1. The van der Waals surface area contributed by atoms with Gasteiger partial charge in [-0.3, -0.25) is 14.4 Å². The van der Waals surface area contributed by atoms with Crippen molar-refractivity contribution < 1.29 is 46.7 Å². The van der Waals surface area contributed by atoms with E-state index in [-0.39, 0.29) is 47.7 Å². The molecular formula is C22H26ClNO6. The third-order valence-electron chi connectivity index (χ3n) is 4.27.